The summed E-state index contributed by atoms with van der Waals surface area (Å²) in [5.41, 5.74) is 0. The molecule has 0 fully saturated rings. The minimum Gasteiger partial charge on any atom is -0.392 e. The number of aliphatic hydroxyl groups excluding tert-OH is 1. The Hall–Kier alpha value is 0.270. The molecule has 0 radical (unpaired) electrons. The molecule has 0 aromatic carbocycles. The zero-order valence-electron chi connectivity index (χ0n) is 8.34. The Bertz CT molecular complexity index is 98.5. The summed E-state index contributed by atoms with van der Waals surface area (Å²) in [4.78, 5) is 0. The maximum absolute atomic E-state index is 9.42. The van der Waals surface area contributed by atoms with Gasteiger partial charge in [0.25, 0.3) is 0 Å². The van der Waals surface area contributed by atoms with Crippen LogP contribution in [0.2, 0.25) is 0 Å². The molecule has 0 aromatic rings. The van der Waals surface area contributed by atoms with E-state index < -0.39 is 0 Å². The van der Waals surface area contributed by atoms with Crippen molar-refractivity contribution >= 4 is 11.8 Å². The molecule has 1 unspecified atom stereocenters. The molecule has 0 saturated carbocycles. The van der Waals surface area contributed by atoms with Crippen LogP contribution >= 0.6 is 11.8 Å². The molecule has 0 aliphatic carbocycles. The van der Waals surface area contributed by atoms with Crippen LogP contribution in [-0.4, -0.2) is 36.3 Å². The normalized spacial score (nSPS) is 13.8. The quantitative estimate of drug-likeness (QED) is 0.596. The maximum Gasteiger partial charge on any atom is 0.0687 e. The van der Waals surface area contributed by atoms with Crippen LogP contribution in [0.4, 0.5) is 0 Å². The van der Waals surface area contributed by atoms with Gasteiger partial charge in [-0.15, -0.1) is 0 Å². The SMILES string of the molecule is CSCCCNCC(O)C(C)C. The van der Waals surface area contributed by atoms with Crippen molar-refractivity contribution in [2.45, 2.75) is 26.4 Å². The second-order valence-electron chi connectivity index (χ2n) is 3.36. The van der Waals surface area contributed by atoms with Gasteiger partial charge in [0.1, 0.15) is 0 Å². The van der Waals surface area contributed by atoms with E-state index in [9.17, 15) is 5.11 Å². The summed E-state index contributed by atoms with van der Waals surface area (Å²) < 4.78 is 0. The van der Waals surface area contributed by atoms with Gasteiger partial charge in [0, 0.05) is 6.54 Å². The third kappa shape index (κ3) is 6.95. The zero-order valence-corrected chi connectivity index (χ0v) is 9.16. The monoisotopic (exact) mass is 191 g/mol. The highest BCUT2D eigenvalue weighted by Gasteiger charge is 2.06. The van der Waals surface area contributed by atoms with E-state index in [4.69, 9.17) is 0 Å². The van der Waals surface area contributed by atoms with Gasteiger partial charge >= 0.3 is 0 Å². The smallest absolute Gasteiger partial charge is 0.0687 e. The molecule has 0 saturated heterocycles. The predicted molar refractivity (Wildman–Crippen MR) is 56.7 cm³/mol. The molecule has 0 aliphatic rings. The summed E-state index contributed by atoms with van der Waals surface area (Å²) in [5, 5.41) is 12.7. The fourth-order valence-corrected chi connectivity index (χ4v) is 1.26. The van der Waals surface area contributed by atoms with Crippen molar-refractivity contribution in [2.24, 2.45) is 5.92 Å². The molecule has 0 bridgehead atoms. The lowest BCUT2D eigenvalue weighted by atomic mass is 10.1. The standard InChI is InChI=1S/C9H21NOS/c1-8(2)9(11)7-10-5-4-6-12-3/h8-11H,4-7H2,1-3H3. The van der Waals surface area contributed by atoms with Crippen molar-refractivity contribution in [2.75, 3.05) is 25.1 Å². The number of thioether (sulfide) groups is 1. The van der Waals surface area contributed by atoms with Crippen LogP contribution in [0.1, 0.15) is 20.3 Å². The van der Waals surface area contributed by atoms with E-state index in [1.165, 1.54) is 12.2 Å². The Morgan fingerprint density at radius 3 is 2.58 bits per heavy atom. The number of rotatable bonds is 7. The molecule has 0 aromatic heterocycles. The van der Waals surface area contributed by atoms with Crippen molar-refractivity contribution in [3.05, 3.63) is 0 Å². The summed E-state index contributed by atoms with van der Waals surface area (Å²) in [6.07, 6.45) is 3.11. The molecular formula is C9H21NOS. The zero-order chi connectivity index (χ0) is 9.40. The molecule has 0 spiro atoms. The van der Waals surface area contributed by atoms with Gasteiger partial charge in [0.05, 0.1) is 6.10 Å². The average Bonchev–Trinajstić information content (AvgIpc) is 2.03. The molecule has 0 aliphatic heterocycles. The average molecular weight is 191 g/mol. The molecule has 3 heteroatoms. The number of aliphatic hydroxyl groups is 1. The first-order valence-electron chi connectivity index (χ1n) is 4.56. The van der Waals surface area contributed by atoms with Gasteiger partial charge in [0.15, 0.2) is 0 Å². The van der Waals surface area contributed by atoms with Gasteiger partial charge in [-0.2, -0.15) is 11.8 Å². The first kappa shape index (κ1) is 12.3. The lowest BCUT2D eigenvalue weighted by Gasteiger charge is -2.14. The topological polar surface area (TPSA) is 32.3 Å². The Kier molecular flexibility index (Phi) is 8.07. The highest BCUT2D eigenvalue weighted by atomic mass is 32.2. The Morgan fingerprint density at radius 2 is 2.08 bits per heavy atom. The van der Waals surface area contributed by atoms with Crippen LogP contribution in [-0.2, 0) is 0 Å². The fraction of sp³-hybridized carbons (Fsp3) is 1.00. The third-order valence-corrected chi connectivity index (χ3v) is 2.52. The van der Waals surface area contributed by atoms with Crippen molar-refractivity contribution in [1.82, 2.24) is 5.32 Å². The first-order chi connectivity index (χ1) is 5.68. The molecular weight excluding hydrogens is 170 g/mol. The molecule has 74 valence electrons. The van der Waals surface area contributed by atoms with Crippen LogP contribution in [0.25, 0.3) is 0 Å². The summed E-state index contributed by atoms with van der Waals surface area (Å²) in [6, 6.07) is 0. The van der Waals surface area contributed by atoms with E-state index in [2.05, 4.69) is 11.6 Å². The molecule has 12 heavy (non-hydrogen) atoms. The minimum atomic E-state index is -0.195. The van der Waals surface area contributed by atoms with Gasteiger partial charge in [-0.3, -0.25) is 0 Å². The highest BCUT2D eigenvalue weighted by molar-refractivity contribution is 7.98. The maximum atomic E-state index is 9.42. The van der Waals surface area contributed by atoms with E-state index in [1.54, 1.807) is 0 Å². The molecule has 2 N–H and O–H groups in total. The summed E-state index contributed by atoms with van der Waals surface area (Å²) in [6.45, 7) is 5.82. The molecule has 1 atom stereocenters. The number of hydrogen-bond acceptors (Lipinski definition) is 3. The van der Waals surface area contributed by atoms with Crippen LogP contribution < -0.4 is 5.32 Å². The first-order valence-corrected chi connectivity index (χ1v) is 5.95. The largest absolute Gasteiger partial charge is 0.392 e. The van der Waals surface area contributed by atoms with E-state index in [1.807, 2.05) is 25.6 Å². The van der Waals surface area contributed by atoms with E-state index in [0.29, 0.717) is 5.92 Å². The van der Waals surface area contributed by atoms with Crippen molar-refractivity contribution in [3.63, 3.8) is 0 Å². The van der Waals surface area contributed by atoms with Crippen molar-refractivity contribution in [1.29, 1.82) is 0 Å². The van der Waals surface area contributed by atoms with Gasteiger partial charge in [-0.25, -0.2) is 0 Å². The summed E-state index contributed by atoms with van der Waals surface area (Å²) in [7, 11) is 0. The number of nitrogens with one attached hydrogen (secondary N) is 1. The highest BCUT2D eigenvalue weighted by Crippen LogP contribution is 1.99. The summed E-state index contributed by atoms with van der Waals surface area (Å²) >= 11 is 1.86. The Labute approximate surface area is 80.1 Å². The van der Waals surface area contributed by atoms with Crippen LogP contribution in [0.5, 0.6) is 0 Å². The van der Waals surface area contributed by atoms with Crippen LogP contribution in [0, 0.1) is 5.92 Å². The van der Waals surface area contributed by atoms with Gasteiger partial charge in [-0.05, 0) is 30.9 Å². The molecule has 0 rings (SSSR count). The van der Waals surface area contributed by atoms with E-state index in [-0.39, 0.29) is 6.10 Å². The fourth-order valence-electron chi connectivity index (χ4n) is 0.827. The van der Waals surface area contributed by atoms with Crippen LogP contribution in [0.15, 0.2) is 0 Å². The van der Waals surface area contributed by atoms with E-state index in [0.717, 1.165) is 13.1 Å². The molecule has 0 heterocycles. The third-order valence-electron chi connectivity index (χ3n) is 1.83. The lowest BCUT2D eigenvalue weighted by molar-refractivity contribution is 0.124. The van der Waals surface area contributed by atoms with Crippen molar-refractivity contribution in [3.8, 4) is 0 Å². The predicted octanol–water partition coefficient (Wildman–Crippen LogP) is 1.35. The Morgan fingerprint density at radius 1 is 1.42 bits per heavy atom. The van der Waals surface area contributed by atoms with Crippen LogP contribution in [0.3, 0.4) is 0 Å². The van der Waals surface area contributed by atoms with Crippen molar-refractivity contribution < 1.29 is 5.11 Å². The molecule has 2 nitrogen and oxygen atoms in total. The second kappa shape index (κ2) is 7.90. The Balaban J connectivity index is 3.08. The number of hydrogen-bond donors (Lipinski definition) is 2. The van der Waals surface area contributed by atoms with Gasteiger partial charge in [0.2, 0.25) is 0 Å². The van der Waals surface area contributed by atoms with Gasteiger partial charge in [-0.1, -0.05) is 13.8 Å². The lowest BCUT2D eigenvalue weighted by Crippen LogP contribution is -2.31. The summed E-state index contributed by atoms with van der Waals surface area (Å²) in [5.74, 6) is 1.56. The minimum absolute atomic E-state index is 0.195. The molecule has 0 amide bonds. The van der Waals surface area contributed by atoms with E-state index >= 15 is 0 Å². The van der Waals surface area contributed by atoms with Gasteiger partial charge < -0.3 is 10.4 Å². The second-order valence-corrected chi connectivity index (χ2v) is 4.35.